The molecule has 2 nitrogen and oxygen atoms in total. The van der Waals surface area contributed by atoms with Gasteiger partial charge < -0.3 is 10.6 Å². The second-order valence-corrected chi connectivity index (χ2v) is 5.32. The van der Waals surface area contributed by atoms with Gasteiger partial charge in [0, 0.05) is 19.1 Å². The number of hydrogen-bond acceptors (Lipinski definition) is 2. The molecule has 3 heteroatoms. The number of benzene rings is 1. The lowest BCUT2D eigenvalue weighted by Crippen LogP contribution is -2.38. The van der Waals surface area contributed by atoms with Crippen LogP contribution in [0.15, 0.2) is 18.2 Å². The van der Waals surface area contributed by atoms with Gasteiger partial charge in [-0.3, -0.25) is 0 Å². The summed E-state index contributed by atoms with van der Waals surface area (Å²) in [4.78, 5) is 2.11. The zero-order valence-electron chi connectivity index (χ0n) is 11.3. The van der Waals surface area contributed by atoms with Gasteiger partial charge in [-0.15, -0.1) is 0 Å². The van der Waals surface area contributed by atoms with Crippen LogP contribution in [0.5, 0.6) is 0 Å². The van der Waals surface area contributed by atoms with Gasteiger partial charge in [0.15, 0.2) is 0 Å². The lowest BCUT2D eigenvalue weighted by Gasteiger charge is -2.37. The fourth-order valence-corrected chi connectivity index (χ4v) is 2.50. The Bertz CT molecular complexity index is 401. The van der Waals surface area contributed by atoms with Gasteiger partial charge in [0.2, 0.25) is 0 Å². The molecule has 1 aromatic rings. The minimum Gasteiger partial charge on any atom is -0.369 e. The Morgan fingerprint density at radius 2 is 2.17 bits per heavy atom. The Kier molecular flexibility index (Phi) is 4.23. The predicted octanol–water partition coefficient (Wildman–Crippen LogP) is 3.09. The van der Waals surface area contributed by atoms with Crippen LogP contribution in [0.25, 0.3) is 0 Å². The van der Waals surface area contributed by atoms with Crippen LogP contribution in [0.2, 0.25) is 0 Å². The maximum Gasteiger partial charge on any atom is 0.146 e. The maximum absolute atomic E-state index is 14.1. The molecule has 0 amide bonds. The highest BCUT2D eigenvalue weighted by atomic mass is 19.1. The summed E-state index contributed by atoms with van der Waals surface area (Å²) in [6, 6.07) is 5.94. The summed E-state index contributed by atoms with van der Waals surface area (Å²) in [5, 5.41) is 0. The first-order chi connectivity index (χ1) is 8.63. The van der Waals surface area contributed by atoms with Crippen molar-refractivity contribution in [1.29, 1.82) is 0 Å². The van der Waals surface area contributed by atoms with Gasteiger partial charge in [0.25, 0.3) is 0 Å². The zero-order chi connectivity index (χ0) is 13.1. The van der Waals surface area contributed by atoms with Crippen LogP contribution >= 0.6 is 0 Å². The van der Waals surface area contributed by atoms with E-state index in [0.717, 1.165) is 24.1 Å². The first-order valence-corrected chi connectivity index (χ1v) is 6.89. The number of halogens is 1. The Morgan fingerprint density at radius 1 is 1.44 bits per heavy atom. The van der Waals surface area contributed by atoms with Crippen molar-refractivity contribution >= 4 is 5.69 Å². The molecule has 18 heavy (non-hydrogen) atoms. The van der Waals surface area contributed by atoms with Gasteiger partial charge in [0.1, 0.15) is 5.82 Å². The minimum atomic E-state index is -0.120. The van der Waals surface area contributed by atoms with Gasteiger partial charge in [-0.1, -0.05) is 19.1 Å². The minimum absolute atomic E-state index is 0.111. The molecule has 1 saturated carbocycles. The number of rotatable bonds is 5. The van der Waals surface area contributed by atoms with Gasteiger partial charge in [-0.05, 0) is 43.7 Å². The van der Waals surface area contributed by atoms with Gasteiger partial charge in [-0.25, -0.2) is 4.39 Å². The summed E-state index contributed by atoms with van der Waals surface area (Å²) in [7, 11) is 2.00. The van der Waals surface area contributed by atoms with Gasteiger partial charge in [0.05, 0.1) is 5.69 Å². The van der Waals surface area contributed by atoms with E-state index in [9.17, 15) is 4.39 Å². The largest absolute Gasteiger partial charge is 0.369 e. The smallest absolute Gasteiger partial charge is 0.146 e. The number of nitrogens with two attached hydrogens (primary N) is 1. The molecule has 2 N–H and O–H groups in total. The molecule has 1 fully saturated rings. The third-order valence-electron chi connectivity index (χ3n) is 4.05. The van der Waals surface area contributed by atoms with Crippen molar-refractivity contribution in [2.24, 2.45) is 5.73 Å². The van der Waals surface area contributed by atoms with Crippen LogP contribution < -0.4 is 10.6 Å². The standard InChI is InChI=1S/C15H23FN2/c1-3-12(17)10-11-6-4-9-14(16)15(11)18(2)13-7-5-8-13/h4,6,9,12-13H,3,5,7-8,10,17H2,1-2H3. The third kappa shape index (κ3) is 2.66. The summed E-state index contributed by atoms with van der Waals surface area (Å²) in [5.41, 5.74) is 7.80. The highest BCUT2D eigenvalue weighted by Gasteiger charge is 2.25. The second kappa shape index (κ2) is 5.70. The van der Waals surface area contributed by atoms with E-state index < -0.39 is 0 Å². The summed E-state index contributed by atoms with van der Waals surface area (Å²) in [5.74, 6) is -0.120. The molecular formula is C15H23FN2. The van der Waals surface area contributed by atoms with E-state index in [1.807, 2.05) is 13.1 Å². The van der Waals surface area contributed by atoms with Crippen molar-refractivity contribution < 1.29 is 4.39 Å². The average Bonchev–Trinajstić information content (AvgIpc) is 2.26. The summed E-state index contributed by atoms with van der Waals surface area (Å²) in [6.45, 7) is 2.07. The quantitative estimate of drug-likeness (QED) is 0.870. The molecule has 1 aliphatic carbocycles. The van der Waals surface area contributed by atoms with E-state index in [1.165, 1.54) is 19.3 Å². The van der Waals surface area contributed by atoms with E-state index in [0.29, 0.717) is 6.04 Å². The SMILES string of the molecule is CCC(N)Cc1cccc(F)c1N(C)C1CCC1. The molecule has 100 valence electrons. The van der Waals surface area contributed by atoms with Crippen LogP contribution in [0, 0.1) is 5.82 Å². The molecule has 1 unspecified atom stereocenters. The van der Waals surface area contributed by atoms with E-state index in [1.54, 1.807) is 12.1 Å². The van der Waals surface area contributed by atoms with Crippen LogP contribution in [0.4, 0.5) is 10.1 Å². The monoisotopic (exact) mass is 250 g/mol. The van der Waals surface area contributed by atoms with Gasteiger partial charge in [-0.2, -0.15) is 0 Å². The summed E-state index contributed by atoms with van der Waals surface area (Å²) in [6.07, 6.45) is 5.27. The Hall–Kier alpha value is -1.09. The molecule has 0 heterocycles. The molecule has 0 saturated heterocycles. The van der Waals surface area contributed by atoms with Crippen molar-refractivity contribution in [2.75, 3.05) is 11.9 Å². The Balaban J connectivity index is 2.25. The molecule has 0 aliphatic heterocycles. The van der Waals surface area contributed by atoms with Crippen molar-refractivity contribution in [3.63, 3.8) is 0 Å². The highest BCUT2D eigenvalue weighted by molar-refractivity contribution is 5.55. The molecular weight excluding hydrogens is 227 g/mol. The van der Waals surface area contributed by atoms with Crippen LogP contribution in [-0.2, 0) is 6.42 Å². The van der Waals surface area contributed by atoms with E-state index >= 15 is 0 Å². The van der Waals surface area contributed by atoms with Gasteiger partial charge >= 0.3 is 0 Å². The van der Waals surface area contributed by atoms with Crippen molar-refractivity contribution in [1.82, 2.24) is 0 Å². The molecule has 1 atom stereocenters. The molecule has 0 spiro atoms. The number of anilines is 1. The summed E-state index contributed by atoms with van der Waals surface area (Å²) >= 11 is 0. The van der Waals surface area contributed by atoms with Crippen molar-refractivity contribution in [3.8, 4) is 0 Å². The number of nitrogens with zero attached hydrogens (tertiary/aromatic N) is 1. The van der Waals surface area contributed by atoms with E-state index in [-0.39, 0.29) is 11.9 Å². The molecule has 2 rings (SSSR count). The van der Waals surface area contributed by atoms with Crippen molar-refractivity contribution in [2.45, 2.75) is 51.1 Å². The Morgan fingerprint density at radius 3 is 2.72 bits per heavy atom. The fraction of sp³-hybridized carbons (Fsp3) is 0.600. The molecule has 1 aromatic carbocycles. The zero-order valence-corrected chi connectivity index (χ0v) is 11.3. The fourth-order valence-electron chi connectivity index (χ4n) is 2.50. The average molecular weight is 250 g/mol. The third-order valence-corrected chi connectivity index (χ3v) is 4.05. The molecule has 0 bridgehead atoms. The first-order valence-electron chi connectivity index (χ1n) is 6.89. The van der Waals surface area contributed by atoms with Crippen LogP contribution in [-0.4, -0.2) is 19.1 Å². The van der Waals surface area contributed by atoms with Crippen LogP contribution in [0.3, 0.4) is 0 Å². The molecule has 0 radical (unpaired) electrons. The van der Waals surface area contributed by atoms with Crippen molar-refractivity contribution in [3.05, 3.63) is 29.6 Å². The number of hydrogen-bond donors (Lipinski definition) is 1. The van der Waals surface area contributed by atoms with E-state index in [4.69, 9.17) is 5.73 Å². The molecule has 0 aromatic heterocycles. The molecule has 1 aliphatic rings. The number of para-hydroxylation sites is 1. The van der Waals surface area contributed by atoms with E-state index in [2.05, 4.69) is 11.8 Å². The Labute approximate surface area is 109 Å². The second-order valence-electron chi connectivity index (χ2n) is 5.32. The normalized spacial score (nSPS) is 17.3. The first kappa shape index (κ1) is 13.3. The highest BCUT2D eigenvalue weighted by Crippen LogP contribution is 2.32. The summed E-state index contributed by atoms with van der Waals surface area (Å²) < 4.78 is 14.1. The maximum atomic E-state index is 14.1. The predicted molar refractivity (Wildman–Crippen MR) is 74.4 cm³/mol. The topological polar surface area (TPSA) is 29.3 Å². The lowest BCUT2D eigenvalue weighted by molar-refractivity contribution is 0.397. The lowest BCUT2D eigenvalue weighted by atomic mass is 9.90. The van der Waals surface area contributed by atoms with Crippen LogP contribution in [0.1, 0.15) is 38.2 Å².